The van der Waals surface area contributed by atoms with Gasteiger partial charge in [0.25, 0.3) is 0 Å². The predicted octanol–water partition coefficient (Wildman–Crippen LogP) is 4.19. The number of ether oxygens (including phenoxy) is 2. The zero-order valence-electron chi connectivity index (χ0n) is 12.3. The Labute approximate surface area is 134 Å². The van der Waals surface area contributed by atoms with E-state index in [1.807, 2.05) is 24.3 Å². The molecule has 0 bridgehead atoms. The first-order chi connectivity index (χ1) is 10.2. The van der Waals surface area contributed by atoms with E-state index >= 15 is 0 Å². The third kappa shape index (κ3) is 5.06. The van der Waals surface area contributed by atoms with Crippen molar-refractivity contribution in [1.29, 1.82) is 0 Å². The van der Waals surface area contributed by atoms with Gasteiger partial charge < -0.3 is 14.8 Å². The zero-order valence-corrected chi connectivity index (χ0v) is 13.9. The molecular formula is C17H20BrNO2. The predicted molar refractivity (Wildman–Crippen MR) is 89.0 cm³/mol. The monoisotopic (exact) mass is 349 g/mol. The van der Waals surface area contributed by atoms with Crippen LogP contribution in [0.25, 0.3) is 0 Å². The number of hydrogen-bond acceptors (Lipinski definition) is 3. The summed E-state index contributed by atoms with van der Waals surface area (Å²) >= 11 is 3.45. The fourth-order valence-electron chi connectivity index (χ4n) is 1.99. The van der Waals surface area contributed by atoms with Gasteiger partial charge in [0, 0.05) is 17.1 Å². The van der Waals surface area contributed by atoms with Crippen LogP contribution in [0.4, 0.5) is 0 Å². The maximum absolute atomic E-state index is 5.69. The minimum Gasteiger partial charge on any atom is -0.497 e. The van der Waals surface area contributed by atoms with Crippen molar-refractivity contribution in [3.8, 4) is 11.5 Å². The first kappa shape index (κ1) is 15.9. The molecule has 4 heteroatoms. The summed E-state index contributed by atoms with van der Waals surface area (Å²) in [6.45, 7) is 3.58. The van der Waals surface area contributed by atoms with Crippen molar-refractivity contribution in [2.24, 2.45) is 0 Å². The molecule has 0 fully saturated rings. The van der Waals surface area contributed by atoms with Gasteiger partial charge in [-0.05, 0) is 48.9 Å². The van der Waals surface area contributed by atoms with Crippen LogP contribution in [-0.2, 0) is 0 Å². The molecule has 0 aliphatic rings. The first-order valence-electron chi connectivity index (χ1n) is 6.95. The van der Waals surface area contributed by atoms with Crippen LogP contribution in [-0.4, -0.2) is 20.3 Å². The van der Waals surface area contributed by atoms with Crippen molar-refractivity contribution in [2.45, 2.75) is 13.0 Å². The summed E-state index contributed by atoms with van der Waals surface area (Å²) in [5.41, 5.74) is 1.27. The van der Waals surface area contributed by atoms with Crippen molar-refractivity contribution in [3.05, 3.63) is 58.6 Å². The minimum atomic E-state index is 0.303. The Morgan fingerprint density at radius 3 is 2.24 bits per heavy atom. The Kier molecular flexibility index (Phi) is 6.08. The van der Waals surface area contributed by atoms with Crippen LogP contribution in [0.2, 0.25) is 0 Å². The van der Waals surface area contributed by atoms with Crippen LogP contribution in [0.5, 0.6) is 11.5 Å². The second kappa shape index (κ2) is 8.05. The zero-order chi connectivity index (χ0) is 15.1. The number of halogens is 1. The van der Waals surface area contributed by atoms with Crippen LogP contribution >= 0.6 is 15.9 Å². The van der Waals surface area contributed by atoms with Crippen LogP contribution in [0.1, 0.15) is 18.5 Å². The quantitative estimate of drug-likeness (QED) is 0.760. The number of rotatable bonds is 7. The molecule has 0 saturated carbocycles. The summed E-state index contributed by atoms with van der Waals surface area (Å²) in [6, 6.07) is 16.3. The molecular weight excluding hydrogens is 330 g/mol. The Morgan fingerprint density at radius 2 is 1.62 bits per heavy atom. The molecule has 0 spiro atoms. The van der Waals surface area contributed by atoms with E-state index in [0.29, 0.717) is 12.6 Å². The Hall–Kier alpha value is -1.52. The topological polar surface area (TPSA) is 30.5 Å². The van der Waals surface area contributed by atoms with Crippen molar-refractivity contribution in [3.63, 3.8) is 0 Å². The lowest BCUT2D eigenvalue weighted by Crippen LogP contribution is -2.24. The van der Waals surface area contributed by atoms with Crippen molar-refractivity contribution >= 4 is 15.9 Å². The average Bonchev–Trinajstić information content (AvgIpc) is 2.52. The van der Waals surface area contributed by atoms with Gasteiger partial charge in [0.15, 0.2) is 0 Å². The molecule has 0 aromatic heterocycles. The summed E-state index contributed by atoms with van der Waals surface area (Å²) in [5, 5.41) is 3.45. The highest BCUT2D eigenvalue weighted by atomic mass is 79.9. The van der Waals surface area contributed by atoms with E-state index in [9.17, 15) is 0 Å². The number of methoxy groups -OCH3 is 1. The molecule has 0 aliphatic carbocycles. The lowest BCUT2D eigenvalue weighted by molar-refractivity contribution is 0.307. The van der Waals surface area contributed by atoms with Crippen molar-refractivity contribution in [1.82, 2.24) is 5.32 Å². The molecule has 0 heterocycles. The fraction of sp³-hybridized carbons (Fsp3) is 0.294. The molecule has 3 nitrogen and oxygen atoms in total. The number of hydrogen-bond donors (Lipinski definition) is 1. The minimum absolute atomic E-state index is 0.303. The van der Waals surface area contributed by atoms with Gasteiger partial charge in [0.2, 0.25) is 0 Å². The largest absolute Gasteiger partial charge is 0.497 e. The lowest BCUT2D eigenvalue weighted by Gasteiger charge is -2.15. The third-order valence-corrected chi connectivity index (χ3v) is 3.78. The highest BCUT2D eigenvalue weighted by Gasteiger charge is 2.04. The van der Waals surface area contributed by atoms with Gasteiger partial charge in [-0.2, -0.15) is 0 Å². The van der Waals surface area contributed by atoms with E-state index in [2.05, 4.69) is 52.4 Å². The fourth-order valence-corrected chi connectivity index (χ4v) is 2.25. The molecule has 0 radical (unpaired) electrons. The molecule has 1 N–H and O–H groups in total. The van der Waals surface area contributed by atoms with Gasteiger partial charge in [-0.1, -0.05) is 28.1 Å². The summed E-state index contributed by atoms with van der Waals surface area (Å²) in [6.07, 6.45) is 0. The Morgan fingerprint density at radius 1 is 1.00 bits per heavy atom. The third-order valence-electron chi connectivity index (χ3n) is 3.25. The number of nitrogens with one attached hydrogen (secondary N) is 1. The SMILES string of the molecule is COc1ccc(OCCN[C@H](C)c2ccc(Br)cc2)cc1. The molecule has 2 rings (SSSR count). The van der Waals surface area contributed by atoms with Gasteiger partial charge >= 0.3 is 0 Å². The molecule has 0 saturated heterocycles. The van der Waals surface area contributed by atoms with Gasteiger partial charge in [-0.3, -0.25) is 0 Å². The van der Waals surface area contributed by atoms with Crippen molar-refractivity contribution < 1.29 is 9.47 Å². The highest BCUT2D eigenvalue weighted by Crippen LogP contribution is 2.18. The van der Waals surface area contributed by atoms with Crippen LogP contribution < -0.4 is 14.8 Å². The maximum atomic E-state index is 5.69. The van der Waals surface area contributed by atoms with Crippen LogP contribution in [0, 0.1) is 0 Å². The van der Waals surface area contributed by atoms with E-state index in [-0.39, 0.29) is 0 Å². The second-order valence-corrected chi connectivity index (χ2v) is 5.67. The Bertz CT molecular complexity index is 540. The lowest BCUT2D eigenvalue weighted by atomic mass is 10.1. The molecule has 0 unspecified atom stereocenters. The molecule has 0 aliphatic heterocycles. The molecule has 1 atom stereocenters. The highest BCUT2D eigenvalue weighted by molar-refractivity contribution is 9.10. The summed E-state index contributed by atoms with van der Waals surface area (Å²) in [7, 11) is 1.66. The molecule has 112 valence electrons. The van der Waals surface area contributed by atoms with Gasteiger partial charge in [-0.15, -0.1) is 0 Å². The molecule has 21 heavy (non-hydrogen) atoms. The molecule has 2 aromatic carbocycles. The van der Waals surface area contributed by atoms with Crippen LogP contribution in [0.15, 0.2) is 53.0 Å². The summed E-state index contributed by atoms with van der Waals surface area (Å²) < 4.78 is 11.9. The summed E-state index contributed by atoms with van der Waals surface area (Å²) in [4.78, 5) is 0. The van der Waals surface area contributed by atoms with E-state index in [1.54, 1.807) is 7.11 Å². The van der Waals surface area contributed by atoms with Gasteiger partial charge in [0.05, 0.1) is 7.11 Å². The smallest absolute Gasteiger partial charge is 0.119 e. The summed E-state index contributed by atoms with van der Waals surface area (Å²) in [5.74, 6) is 1.69. The maximum Gasteiger partial charge on any atom is 0.119 e. The average molecular weight is 350 g/mol. The van der Waals surface area contributed by atoms with E-state index < -0.39 is 0 Å². The van der Waals surface area contributed by atoms with Gasteiger partial charge in [0.1, 0.15) is 18.1 Å². The molecule has 2 aromatic rings. The molecule has 0 amide bonds. The normalized spacial score (nSPS) is 12.0. The standard InChI is InChI=1S/C17H20BrNO2/c1-13(14-3-5-15(18)6-4-14)19-11-12-21-17-9-7-16(20-2)8-10-17/h3-10,13,19H,11-12H2,1-2H3/t13-/m1/s1. The number of benzene rings is 2. The van der Waals surface area contributed by atoms with Crippen LogP contribution in [0.3, 0.4) is 0 Å². The Balaban J connectivity index is 1.72. The van der Waals surface area contributed by atoms with Gasteiger partial charge in [-0.25, -0.2) is 0 Å². The second-order valence-electron chi connectivity index (χ2n) is 4.75. The van der Waals surface area contributed by atoms with E-state index in [0.717, 1.165) is 22.5 Å². The van der Waals surface area contributed by atoms with E-state index in [4.69, 9.17) is 9.47 Å². The van der Waals surface area contributed by atoms with Crippen molar-refractivity contribution in [2.75, 3.05) is 20.3 Å². The van der Waals surface area contributed by atoms with E-state index in [1.165, 1.54) is 5.56 Å². The first-order valence-corrected chi connectivity index (χ1v) is 7.74.